The summed E-state index contributed by atoms with van der Waals surface area (Å²) in [5, 5.41) is 19.2. The molecule has 0 unspecified atom stereocenters. The van der Waals surface area contributed by atoms with Gasteiger partial charge in [0.05, 0.1) is 18.7 Å². The maximum atomic E-state index is 14.5. The average molecular weight is 576 g/mol. The summed E-state index contributed by atoms with van der Waals surface area (Å²) in [6.07, 6.45) is -0.551. The van der Waals surface area contributed by atoms with Crippen LogP contribution >= 0.6 is 0 Å². The Labute approximate surface area is 252 Å². The number of amides is 1. The highest BCUT2D eigenvalue weighted by molar-refractivity contribution is 5.89. The highest BCUT2D eigenvalue weighted by Gasteiger charge is 2.64. The van der Waals surface area contributed by atoms with Gasteiger partial charge in [-0.2, -0.15) is 0 Å². The number of rotatable bonds is 8. The molecule has 2 heterocycles. The Hall–Kier alpha value is -4.46. The maximum Gasteiger partial charge on any atom is 0.328 e. The Morgan fingerprint density at radius 2 is 1.35 bits per heavy atom. The van der Waals surface area contributed by atoms with Gasteiger partial charge in [0.2, 0.25) is 5.91 Å². The molecular formula is C36H37N3O4. The summed E-state index contributed by atoms with van der Waals surface area (Å²) in [5.41, 5.74) is 2.02. The second-order valence-corrected chi connectivity index (χ2v) is 11.7. The smallest absolute Gasteiger partial charge is 0.328 e. The minimum absolute atomic E-state index is 0.119. The number of para-hydroxylation sites is 1. The normalized spacial score (nSPS) is 21.9. The summed E-state index contributed by atoms with van der Waals surface area (Å²) in [4.78, 5) is 29.4. The van der Waals surface area contributed by atoms with Crippen LogP contribution in [0.5, 0.6) is 0 Å². The number of esters is 1. The lowest BCUT2D eigenvalue weighted by Gasteiger charge is -2.49. The van der Waals surface area contributed by atoms with Gasteiger partial charge in [-0.3, -0.25) is 9.69 Å². The largest absolute Gasteiger partial charge is 0.467 e. The number of nitrogens with zero attached hydrogens (tertiary/aromatic N) is 1. The fourth-order valence-corrected chi connectivity index (χ4v) is 7.00. The Bertz CT molecular complexity index is 1500. The van der Waals surface area contributed by atoms with Crippen LogP contribution in [0.2, 0.25) is 0 Å². The van der Waals surface area contributed by atoms with E-state index in [1.807, 2.05) is 92.7 Å². The molecule has 3 N–H and O–H groups in total. The number of hydrogen-bond acceptors (Lipinski definition) is 6. The average Bonchev–Trinajstić information content (AvgIpc) is 3.50. The predicted molar refractivity (Wildman–Crippen MR) is 166 cm³/mol. The van der Waals surface area contributed by atoms with Crippen LogP contribution in [-0.2, 0) is 25.5 Å². The summed E-state index contributed by atoms with van der Waals surface area (Å²) in [5.74, 6) is -1.05. The van der Waals surface area contributed by atoms with Crippen LogP contribution in [0, 0.1) is 5.92 Å². The first-order chi connectivity index (χ1) is 20.8. The summed E-state index contributed by atoms with van der Waals surface area (Å²) in [6, 6.07) is 36.4. The molecule has 0 spiro atoms. The molecule has 1 fully saturated rings. The predicted octanol–water partition coefficient (Wildman–Crippen LogP) is 5.01. The van der Waals surface area contributed by atoms with E-state index < -0.39 is 35.4 Å². The molecule has 2 aliphatic rings. The molecule has 0 radical (unpaired) electrons. The molecule has 2 aliphatic heterocycles. The van der Waals surface area contributed by atoms with Crippen LogP contribution in [0.3, 0.4) is 0 Å². The molecule has 0 bridgehead atoms. The van der Waals surface area contributed by atoms with Crippen LogP contribution in [0.4, 0.5) is 5.69 Å². The molecule has 6 rings (SSSR count). The van der Waals surface area contributed by atoms with Gasteiger partial charge in [-0.25, -0.2) is 4.79 Å². The highest BCUT2D eigenvalue weighted by Crippen LogP contribution is 2.56. The van der Waals surface area contributed by atoms with E-state index in [1.54, 1.807) is 0 Å². The number of anilines is 1. The monoisotopic (exact) mass is 575 g/mol. The topological polar surface area (TPSA) is 90.9 Å². The zero-order valence-corrected chi connectivity index (χ0v) is 24.6. The van der Waals surface area contributed by atoms with Crippen molar-refractivity contribution >= 4 is 17.6 Å². The third kappa shape index (κ3) is 4.60. The van der Waals surface area contributed by atoms with Gasteiger partial charge in [0.15, 0.2) is 0 Å². The first-order valence-corrected chi connectivity index (χ1v) is 14.7. The first kappa shape index (κ1) is 28.6. The fraction of sp³-hybridized carbons (Fsp3) is 0.278. The number of carbonyl (C=O) groups excluding carboxylic acids is 2. The third-order valence-corrected chi connectivity index (χ3v) is 8.94. The van der Waals surface area contributed by atoms with Crippen LogP contribution in [0.25, 0.3) is 0 Å². The number of ether oxygens (including phenoxy) is 1. The number of nitrogens with one attached hydrogen (secondary N) is 2. The van der Waals surface area contributed by atoms with Crippen LogP contribution < -0.4 is 10.6 Å². The third-order valence-electron chi connectivity index (χ3n) is 8.94. The summed E-state index contributed by atoms with van der Waals surface area (Å²) in [6.45, 7) is 3.74. The number of carbonyl (C=O) groups is 2. The van der Waals surface area contributed by atoms with Crippen LogP contribution in [0.15, 0.2) is 115 Å². The molecule has 4 aromatic carbocycles. The maximum absolute atomic E-state index is 14.5. The quantitative estimate of drug-likeness (QED) is 0.202. The second kappa shape index (κ2) is 11.3. The molecule has 1 saturated heterocycles. The van der Waals surface area contributed by atoms with Crippen molar-refractivity contribution in [3.63, 3.8) is 0 Å². The number of fused-ring (bicyclic) bond motifs is 3. The van der Waals surface area contributed by atoms with Crippen LogP contribution in [0.1, 0.15) is 42.5 Å². The van der Waals surface area contributed by atoms with Gasteiger partial charge in [0.1, 0.15) is 17.8 Å². The van der Waals surface area contributed by atoms with Gasteiger partial charge >= 0.3 is 5.97 Å². The Morgan fingerprint density at radius 3 is 1.84 bits per heavy atom. The number of aliphatic hydroxyl groups is 1. The van der Waals surface area contributed by atoms with Gasteiger partial charge in [-0.1, -0.05) is 123 Å². The zero-order chi connectivity index (χ0) is 30.2. The van der Waals surface area contributed by atoms with E-state index in [0.29, 0.717) is 0 Å². The molecular weight excluding hydrogens is 538 g/mol. The molecule has 4 aromatic rings. The zero-order valence-electron chi connectivity index (χ0n) is 24.6. The lowest BCUT2D eigenvalue weighted by atomic mass is 9.74. The number of likely N-dealkylation sites (tertiary alicyclic amines) is 1. The summed E-state index contributed by atoms with van der Waals surface area (Å²) in [7, 11) is 1.32. The molecule has 0 aliphatic carbocycles. The van der Waals surface area contributed by atoms with Gasteiger partial charge in [0.25, 0.3) is 0 Å². The van der Waals surface area contributed by atoms with Crippen molar-refractivity contribution in [2.45, 2.75) is 49.7 Å². The SMILES string of the molecule is COC(=O)[C@@H](NC(=O)[C@@H]1C[C@@]2(O)c3ccccc3N[C@H]2N1C(c1ccccc1)(c1ccccc1)c1ccccc1)C(C)C. The van der Waals surface area contributed by atoms with Crippen molar-refractivity contribution in [2.75, 3.05) is 12.4 Å². The van der Waals surface area contributed by atoms with Crippen molar-refractivity contribution < 1.29 is 19.4 Å². The Kier molecular flexibility index (Phi) is 7.54. The molecule has 43 heavy (non-hydrogen) atoms. The highest BCUT2D eigenvalue weighted by atomic mass is 16.5. The van der Waals surface area contributed by atoms with Crippen molar-refractivity contribution in [2.24, 2.45) is 5.92 Å². The van der Waals surface area contributed by atoms with Gasteiger partial charge < -0.3 is 20.5 Å². The molecule has 1 amide bonds. The molecule has 4 atom stereocenters. The van der Waals surface area contributed by atoms with Gasteiger partial charge in [-0.05, 0) is 28.7 Å². The minimum Gasteiger partial charge on any atom is -0.467 e. The lowest BCUT2D eigenvalue weighted by molar-refractivity contribution is -0.147. The Balaban J connectivity index is 1.62. The minimum atomic E-state index is -1.39. The van der Waals surface area contributed by atoms with E-state index in [1.165, 1.54) is 7.11 Å². The molecule has 220 valence electrons. The molecule has 7 heteroatoms. The van der Waals surface area contributed by atoms with E-state index in [0.717, 1.165) is 27.9 Å². The molecule has 0 saturated carbocycles. The van der Waals surface area contributed by atoms with Crippen LogP contribution in [-0.4, -0.2) is 47.2 Å². The van der Waals surface area contributed by atoms with E-state index in [4.69, 9.17) is 4.74 Å². The number of benzene rings is 4. The van der Waals surface area contributed by atoms with Gasteiger partial charge in [0, 0.05) is 17.7 Å². The van der Waals surface area contributed by atoms with E-state index in [-0.39, 0.29) is 18.2 Å². The first-order valence-electron chi connectivity index (χ1n) is 14.7. The lowest BCUT2D eigenvalue weighted by Crippen LogP contribution is -2.61. The fourth-order valence-electron chi connectivity index (χ4n) is 7.00. The Morgan fingerprint density at radius 1 is 0.860 bits per heavy atom. The van der Waals surface area contributed by atoms with Crippen molar-refractivity contribution in [3.05, 3.63) is 138 Å². The van der Waals surface area contributed by atoms with Gasteiger partial charge in [-0.15, -0.1) is 0 Å². The second-order valence-electron chi connectivity index (χ2n) is 11.7. The molecule has 0 aromatic heterocycles. The van der Waals surface area contributed by atoms with E-state index in [9.17, 15) is 14.7 Å². The van der Waals surface area contributed by atoms with E-state index >= 15 is 0 Å². The number of methoxy groups -OCH3 is 1. The van der Waals surface area contributed by atoms with Crippen molar-refractivity contribution in [3.8, 4) is 0 Å². The summed E-state index contributed by atoms with van der Waals surface area (Å²) < 4.78 is 5.05. The standard InChI is InChI=1S/C36H37N3O4/c1-24(2)31(33(41)43-3)38-32(40)30-23-35(42)28-21-13-14-22-29(28)37-34(35)39(30)36(25-15-7-4-8-16-25,26-17-9-5-10-18-26)27-19-11-6-12-20-27/h4-22,24,30-31,34,37,42H,23H2,1-3H3,(H,38,40)/t30-,31-,34-,35+/m0/s1. The van der Waals surface area contributed by atoms with Crippen molar-refractivity contribution in [1.82, 2.24) is 10.2 Å². The van der Waals surface area contributed by atoms with Crippen molar-refractivity contribution in [1.29, 1.82) is 0 Å². The summed E-state index contributed by atoms with van der Waals surface area (Å²) >= 11 is 0. The van der Waals surface area contributed by atoms with E-state index in [2.05, 4.69) is 51.9 Å². The number of hydrogen-bond donors (Lipinski definition) is 3. The molecule has 7 nitrogen and oxygen atoms in total.